The fraction of sp³-hybridized carbons (Fsp3) is 0.190. The first-order valence-corrected chi connectivity index (χ1v) is 10.2. The first-order chi connectivity index (χ1) is 15.0. The highest BCUT2D eigenvalue weighted by atomic mass is 32.1. The summed E-state index contributed by atoms with van der Waals surface area (Å²) < 4.78 is 10.7. The van der Waals surface area contributed by atoms with Crippen molar-refractivity contribution in [2.24, 2.45) is 0 Å². The van der Waals surface area contributed by atoms with Crippen LogP contribution in [0.1, 0.15) is 32.6 Å². The maximum absolute atomic E-state index is 12.5. The van der Waals surface area contributed by atoms with Gasteiger partial charge in [-0.05, 0) is 43.3 Å². The minimum Gasteiger partial charge on any atom is -0.497 e. The standard InChI is InChI=1S/C21H18N4O5S/c1-12(30-14-9-7-13(29-2)8-10-14)18(26)22-21-24-23-17(31-21)11-25-19(27)15-5-3-4-6-16(15)20(25)28/h3-10,12H,11H2,1-2H3,(H,22,24,26). The Kier molecular flexibility index (Phi) is 5.63. The van der Waals surface area contributed by atoms with Gasteiger partial charge >= 0.3 is 0 Å². The second kappa shape index (κ2) is 8.52. The number of rotatable bonds is 7. The average molecular weight is 438 g/mol. The van der Waals surface area contributed by atoms with Crippen molar-refractivity contribution in [1.29, 1.82) is 0 Å². The predicted molar refractivity (Wildman–Crippen MR) is 112 cm³/mol. The van der Waals surface area contributed by atoms with Gasteiger partial charge < -0.3 is 9.47 Å². The van der Waals surface area contributed by atoms with Crippen molar-refractivity contribution in [3.63, 3.8) is 0 Å². The van der Waals surface area contributed by atoms with Gasteiger partial charge in [0.2, 0.25) is 5.13 Å². The number of imide groups is 1. The summed E-state index contributed by atoms with van der Waals surface area (Å²) in [6, 6.07) is 13.5. The van der Waals surface area contributed by atoms with E-state index in [0.29, 0.717) is 27.6 Å². The molecule has 1 atom stereocenters. The Balaban J connectivity index is 1.36. The fourth-order valence-corrected chi connectivity index (χ4v) is 3.74. The fourth-order valence-electron chi connectivity index (χ4n) is 3.00. The van der Waals surface area contributed by atoms with Crippen molar-refractivity contribution >= 4 is 34.2 Å². The molecule has 10 heteroatoms. The predicted octanol–water partition coefficient (Wildman–Crippen LogP) is 2.75. The molecule has 2 aromatic carbocycles. The third-order valence-electron chi connectivity index (χ3n) is 4.61. The number of anilines is 1. The number of fused-ring (bicyclic) bond motifs is 1. The van der Waals surface area contributed by atoms with Crippen molar-refractivity contribution in [3.05, 3.63) is 64.7 Å². The van der Waals surface area contributed by atoms with E-state index in [0.717, 1.165) is 16.2 Å². The maximum Gasteiger partial charge on any atom is 0.266 e. The molecule has 31 heavy (non-hydrogen) atoms. The topological polar surface area (TPSA) is 111 Å². The van der Waals surface area contributed by atoms with Gasteiger partial charge in [-0.2, -0.15) is 0 Å². The van der Waals surface area contributed by atoms with Gasteiger partial charge in [0.1, 0.15) is 16.5 Å². The minimum atomic E-state index is -0.781. The third-order valence-corrected chi connectivity index (χ3v) is 5.43. The molecule has 3 aromatic rings. The number of carbonyl (C=O) groups excluding carboxylic acids is 3. The third kappa shape index (κ3) is 4.24. The van der Waals surface area contributed by atoms with Crippen LogP contribution in [0.25, 0.3) is 0 Å². The Bertz CT molecular complexity index is 1110. The second-order valence-corrected chi connectivity index (χ2v) is 7.73. The van der Waals surface area contributed by atoms with Crippen molar-refractivity contribution in [2.45, 2.75) is 19.6 Å². The molecule has 4 rings (SSSR count). The van der Waals surface area contributed by atoms with Crippen LogP contribution in [0.3, 0.4) is 0 Å². The number of nitrogens with one attached hydrogen (secondary N) is 1. The number of hydrogen-bond acceptors (Lipinski definition) is 8. The Labute approximate surface area is 181 Å². The lowest BCUT2D eigenvalue weighted by Crippen LogP contribution is -2.30. The molecule has 1 aliphatic rings. The van der Waals surface area contributed by atoms with E-state index >= 15 is 0 Å². The highest BCUT2D eigenvalue weighted by Crippen LogP contribution is 2.26. The van der Waals surface area contributed by atoms with Gasteiger partial charge in [-0.15, -0.1) is 10.2 Å². The van der Waals surface area contributed by atoms with Gasteiger partial charge in [0.05, 0.1) is 24.8 Å². The molecule has 0 spiro atoms. The van der Waals surface area contributed by atoms with Crippen LogP contribution in [-0.2, 0) is 11.3 Å². The summed E-state index contributed by atoms with van der Waals surface area (Å²) >= 11 is 1.09. The first-order valence-electron chi connectivity index (χ1n) is 9.35. The van der Waals surface area contributed by atoms with Crippen molar-refractivity contribution in [2.75, 3.05) is 12.4 Å². The Morgan fingerprint density at radius 3 is 2.26 bits per heavy atom. The molecule has 1 aliphatic heterocycles. The number of amides is 3. The van der Waals surface area contributed by atoms with E-state index in [1.807, 2.05) is 0 Å². The van der Waals surface area contributed by atoms with Crippen LogP contribution in [0, 0.1) is 0 Å². The molecule has 2 heterocycles. The number of nitrogens with zero attached hydrogens (tertiary/aromatic N) is 3. The normalized spacial score (nSPS) is 13.7. The molecule has 1 aromatic heterocycles. The van der Waals surface area contributed by atoms with Gasteiger partial charge in [-0.1, -0.05) is 23.5 Å². The summed E-state index contributed by atoms with van der Waals surface area (Å²) in [4.78, 5) is 38.5. The van der Waals surface area contributed by atoms with Crippen LogP contribution in [0.5, 0.6) is 11.5 Å². The highest BCUT2D eigenvalue weighted by molar-refractivity contribution is 7.15. The summed E-state index contributed by atoms with van der Waals surface area (Å²) in [5, 5.41) is 11.2. The molecule has 1 unspecified atom stereocenters. The van der Waals surface area contributed by atoms with Crippen LogP contribution in [0.15, 0.2) is 48.5 Å². The molecule has 0 bridgehead atoms. The van der Waals surface area contributed by atoms with Crippen molar-refractivity contribution in [1.82, 2.24) is 15.1 Å². The molecule has 0 saturated carbocycles. The summed E-state index contributed by atoms with van der Waals surface area (Å²) in [6.07, 6.45) is -0.781. The minimum absolute atomic E-state index is 0.0161. The molecular weight excluding hydrogens is 420 g/mol. The number of hydrogen-bond donors (Lipinski definition) is 1. The number of ether oxygens (including phenoxy) is 2. The van der Waals surface area contributed by atoms with E-state index in [1.54, 1.807) is 62.6 Å². The zero-order valence-corrected chi connectivity index (χ0v) is 17.5. The largest absolute Gasteiger partial charge is 0.497 e. The van der Waals surface area contributed by atoms with E-state index in [-0.39, 0.29) is 23.5 Å². The highest BCUT2D eigenvalue weighted by Gasteiger charge is 2.35. The Morgan fingerprint density at radius 2 is 1.65 bits per heavy atom. The molecule has 9 nitrogen and oxygen atoms in total. The van der Waals surface area contributed by atoms with E-state index < -0.39 is 12.0 Å². The van der Waals surface area contributed by atoms with E-state index in [1.165, 1.54) is 0 Å². The summed E-state index contributed by atoms with van der Waals surface area (Å²) in [6.45, 7) is 1.60. The van der Waals surface area contributed by atoms with Gasteiger partial charge in [0.25, 0.3) is 17.7 Å². The van der Waals surface area contributed by atoms with Crippen LogP contribution < -0.4 is 14.8 Å². The zero-order chi connectivity index (χ0) is 22.0. The van der Waals surface area contributed by atoms with Crippen LogP contribution in [0.2, 0.25) is 0 Å². The monoisotopic (exact) mass is 438 g/mol. The van der Waals surface area contributed by atoms with Crippen LogP contribution >= 0.6 is 11.3 Å². The van der Waals surface area contributed by atoms with E-state index in [2.05, 4.69) is 15.5 Å². The molecule has 158 valence electrons. The number of carbonyl (C=O) groups is 3. The van der Waals surface area contributed by atoms with Crippen LogP contribution in [-0.4, -0.2) is 46.0 Å². The smallest absolute Gasteiger partial charge is 0.266 e. The summed E-state index contributed by atoms with van der Waals surface area (Å²) in [7, 11) is 1.57. The number of benzene rings is 2. The van der Waals surface area contributed by atoms with Crippen LogP contribution in [0.4, 0.5) is 5.13 Å². The molecule has 0 saturated heterocycles. The molecular formula is C21H18N4O5S. The maximum atomic E-state index is 12.5. The molecule has 1 N–H and O–H groups in total. The Hall–Kier alpha value is -3.79. The molecule has 0 radical (unpaired) electrons. The molecule has 3 amide bonds. The lowest BCUT2D eigenvalue weighted by Gasteiger charge is -2.13. The second-order valence-electron chi connectivity index (χ2n) is 6.67. The Morgan fingerprint density at radius 1 is 1.03 bits per heavy atom. The van der Waals surface area contributed by atoms with E-state index in [9.17, 15) is 14.4 Å². The number of methoxy groups -OCH3 is 1. The lowest BCUT2D eigenvalue weighted by atomic mass is 10.1. The number of aromatic nitrogens is 2. The average Bonchev–Trinajstić information content (AvgIpc) is 3.32. The van der Waals surface area contributed by atoms with Gasteiger partial charge in [0, 0.05) is 0 Å². The van der Waals surface area contributed by atoms with Gasteiger partial charge in [-0.25, -0.2) is 0 Å². The van der Waals surface area contributed by atoms with Gasteiger partial charge in [0.15, 0.2) is 6.10 Å². The lowest BCUT2D eigenvalue weighted by molar-refractivity contribution is -0.122. The molecule has 0 aliphatic carbocycles. The first kappa shape index (κ1) is 20.5. The summed E-state index contributed by atoms with van der Waals surface area (Å²) in [5.41, 5.74) is 0.741. The summed E-state index contributed by atoms with van der Waals surface area (Å²) in [5.74, 6) is 0.0565. The SMILES string of the molecule is COc1ccc(OC(C)C(=O)Nc2nnc(CN3C(=O)c4ccccc4C3=O)s2)cc1. The van der Waals surface area contributed by atoms with Gasteiger partial charge in [-0.3, -0.25) is 24.6 Å². The van der Waals surface area contributed by atoms with E-state index in [4.69, 9.17) is 9.47 Å². The quantitative estimate of drug-likeness (QED) is 0.565. The van der Waals surface area contributed by atoms with Crippen molar-refractivity contribution < 1.29 is 23.9 Å². The molecule has 0 fully saturated rings. The zero-order valence-electron chi connectivity index (χ0n) is 16.7. The van der Waals surface area contributed by atoms with Crippen molar-refractivity contribution in [3.8, 4) is 11.5 Å².